The Labute approximate surface area is 88.0 Å². The van der Waals surface area contributed by atoms with Crippen LogP contribution in [0.15, 0.2) is 0 Å². The molecule has 0 rings (SSSR count). The van der Waals surface area contributed by atoms with E-state index in [0.717, 1.165) is 6.42 Å². The molecule has 0 bridgehead atoms. The topological polar surface area (TPSA) is 18.5 Å². The van der Waals surface area contributed by atoms with E-state index in [-0.39, 0.29) is 6.29 Å². The lowest BCUT2D eigenvalue weighted by atomic mass is 10.1. The minimum atomic E-state index is -0.168. The number of unbranched alkanes of at least 4 members (excludes halogenated alkanes) is 4. The summed E-state index contributed by atoms with van der Waals surface area (Å²) in [4.78, 5) is 0. The molecule has 0 aliphatic rings. The van der Waals surface area contributed by atoms with Crippen LogP contribution in [0.4, 0.5) is 0 Å². The number of ether oxygens (including phenoxy) is 2. The largest absolute Gasteiger partial charge is 0.355 e. The highest BCUT2D eigenvalue weighted by Gasteiger charge is 1.99. The Morgan fingerprint density at radius 1 is 1.00 bits per heavy atom. The van der Waals surface area contributed by atoms with E-state index in [1.54, 1.807) is 14.2 Å². The van der Waals surface area contributed by atoms with Crippen molar-refractivity contribution >= 4 is 0 Å². The molecule has 0 N–H and O–H groups in total. The Kier molecular flexibility index (Phi) is 10.2. The minimum absolute atomic E-state index is 0.168. The van der Waals surface area contributed by atoms with Crippen molar-refractivity contribution in [2.24, 2.45) is 0 Å². The first-order valence-electron chi connectivity index (χ1n) is 5.36. The van der Waals surface area contributed by atoms with Gasteiger partial charge in [-0.2, -0.15) is 0 Å². The first-order valence-corrected chi connectivity index (χ1v) is 5.36. The van der Waals surface area contributed by atoms with Crippen molar-refractivity contribution in [1.82, 2.24) is 0 Å². The summed E-state index contributed by atoms with van der Waals surface area (Å²) in [6.07, 6.45) is 6.61. The van der Waals surface area contributed by atoms with Gasteiger partial charge in [-0.3, -0.25) is 0 Å². The van der Waals surface area contributed by atoms with Crippen molar-refractivity contribution < 1.29 is 9.47 Å². The SMILES string of the molecule is CCCCCCC#CCC(OC)OC. The van der Waals surface area contributed by atoms with E-state index >= 15 is 0 Å². The van der Waals surface area contributed by atoms with Crippen molar-refractivity contribution in [1.29, 1.82) is 0 Å². The zero-order chi connectivity index (χ0) is 10.6. The van der Waals surface area contributed by atoms with Gasteiger partial charge in [-0.25, -0.2) is 0 Å². The number of hydrogen-bond donors (Lipinski definition) is 0. The minimum Gasteiger partial charge on any atom is -0.355 e. The number of methoxy groups -OCH3 is 2. The quantitative estimate of drug-likeness (QED) is 0.356. The molecule has 0 radical (unpaired) electrons. The van der Waals surface area contributed by atoms with Gasteiger partial charge < -0.3 is 9.47 Å². The second-order valence-electron chi connectivity index (χ2n) is 3.27. The van der Waals surface area contributed by atoms with Crippen LogP contribution in [0, 0.1) is 11.8 Å². The highest BCUT2D eigenvalue weighted by molar-refractivity contribution is 4.99. The summed E-state index contributed by atoms with van der Waals surface area (Å²) in [6, 6.07) is 0. The molecule has 0 aromatic carbocycles. The second-order valence-corrected chi connectivity index (χ2v) is 3.27. The summed E-state index contributed by atoms with van der Waals surface area (Å²) in [5.74, 6) is 6.20. The molecule has 0 saturated carbocycles. The van der Waals surface area contributed by atoms with E-state index in [0.29, 0.717) is 6.42 Å². The fourth-order valence-electron chi connectivity index (χ4n) is 1.15. The normalized spacial score (nSPS) is 10.0. The van der Waals surface area contributed by atoms with E-state index in [4.69, 9.17) is 9.47 Å². The first-order chi connectivity index (χ1) is 6.85. The molecular weight excluding hydrogens is 176 g/mol. The van der Waals surface area contributed by atoms with Gasteiger partial charge in [0.15, 0.2) is 6.29 Å². The molecule has 2 nitrogen and oxygen atoms in total. The van der Waals surface area contributed by atoms with E-state index in [1.165, 1.54) is 25.7 Å². The van der Waals surface area contributed by atoms with Gasteiger partial charge in [0, 0.05) is 20.6 Å². The van der Waals surface area contributed by atoms with Gasteiger partial charge in [-0.1, -0.05) is 32.1 Å². The Hall–Kier alpha value is -0.520. The summed E-state index contributed by atoms with van der Waals surface area (Å²) < 4.78 is 10.0. The predicted molar refractivity (Wildman–Crippen MR) is 59.0 cm³/mol. The molecule has 0 saturated heterocycles. The molecule has 0 aromatic rings. The fraction of sp³-hybridized carbons (Fsp3) is 0.833. The van der Waals surface area contributed by atoms with E-state index in [9.17, 15) is 0 Å². The van der Waals surface area contributed by atoms with Crippen molar-refractivity contribution in [3.8, 4) is 11.8 Å². The molecule has 0 heterocycles. The molecule has 0 amide bonds. The zero-order valence-electron chi connectivity index (χ0n) is 9.64. The van der Waals surface area contributed by atoms with Crippen LogP contribution in [0.2, 0.25) is 0 Å². The third-order valence-corrected chi connectivity index (χ3v) is 2.07. The first kappa shape index (κ1) is 13.5. The smallest absolute Gasteiger partial charge is 0.167 e. The Morgan fingerprint density at radius 3 is 2.29 bits per heavy atom. The lowest BCUT2D eigenvalue weighted by molar-refractivity contribution is -0.0972. The van der Waals surface area contributed by atoms with Crippen molar-refractivity contribution in [2.75, 3.05) is 14.2 Å². The molecule has 2 heteroatoms. The third-order valence-electron chi connectivity index (χ3n) is 2.07. The van der Waals surface area contributed by atoms with Gasteiger partial charge in [0.2, 0.25) is 0 Å². The zero-order valence-corrected chi connectivity index (χ0v) is 9.64. The van der Waals surface area contributed by atoms with Crippen LogP contribution in [0.3, 0.4) is 0 Å². The molecule has 0 spiro atoms. The highest BCUT2D eigenvalue weighted by Crippen LogP contribution is 2.01. The van der Waals surface area contributed by atoms with Gasteiger partial charge in [0.05, 0.1) is 6.42 Å². The monoisotopic (exact) mass is 198 g/mol. The van der Waals surface area contributed by atoms with E-state index < -0.39 is 0 Å². The van der Waals surface area contributed by atoms with Crippen LogP contribution in [-0.2, 0) is 9.47 Å². The predicted octanol–water partition coefficient (Wildman–Crippen LogP) is 2.97. The molecular formula is C12H22O2. The van der Waals surface area contributed by atoms with E-state index in [1.807, 2.05) is 0 Å². The average molecular weight is 198 g/mol. The van der Waals surface area contributed by atoms with Crippen LogP contribution in [0.1, 0.15) is 45.4 Å². The van der Waals surface area contributed by atoms with Crippen molar-refractivity contribution in [3.63, 3.8) is 0 Å². The van der Waals surface area contributed by atoms with Gasteiger partial charge in [0.25, 0.3) is 0 Å². The van der Waals surface area contributed by atoms with Crippen LogP contribution in [0.5, 0.6) is 0 Å². The maximum atomic E-state index is 5.02. The molecule has 82 valence electrons. The highest BCUT2D eigenvalue weighted by atomic mass is 16.7. The maximum Gasteiger partial charge on any atom is 0.167 e. The Morgan fingerprint density at radius 2 is 1.71 bits per heavy atom. The van der Waals surface area contributed by atoms with Gasteiger partial charge in [0.1, 0.15) is 0 Å². The van der Waals surface area contributed by atoms with Crippen LogP contribution >= 0.6 is 0 Å². The van der Waals surface area contributed by atoms with Crippen LogP contribution < -0.4 is 0 Å². The Balaban J connectivity index is 3.33. The number of hydrogen-bond acceptors (Lipinski definition) is 2. The van der Waals surface area contributed by atoms with Crippen LogP contribution in [-0.4, -0.2) is 20.5 Å². The van der Waals surface area contributed by atoms with Gasteiger partial charge >= 0.3 is 0 Å². The molecule has 0 fully saturated rings. The summed E-state index contributed by atoms with van der Waals surface area (Å²) in [6.45, 7) is 2.22. The lowest BCUT2D eigenvalue weighted by Crippen LogP contribution is -2.11. The summed E-state index contributed by atoms with van der Waals surface area (Å²) in [5, 5.41) is 0. The average Bonchev–Trinajstić information content (AvgIpc) is 2.22. The Bertz CT molecular complexity index is 163. The van der Waals surface area contributed by atoms with Crippen molar-refractivity contribution in [2.45, 2.75) is 51.7 Å². The standard InChI is InChI=1S/C12H22O2/c1-4-5-6-7-8-9-10-11-12(13-2)14-3/h12H,4-8,11H2,1-3H3. The van der Waals surface area contributed by atoms with Gasteiger partial charge in [-0.05, 0) is 6.42 Å². The maximum absolute atomic E-state index is 5.02. The fourth-order valence-corrected chi connectivity index (χ4v) is 1.15. The summed E-state index contributed by atoms with van der Waals surface area (Å²) in [5.41, 5.74) is 0. The molecule has 0 aliphatic carbocycles. The molecule has 0 aromatic heterocycles. The third kappa shape index (κ3) is 8.10. The van der Waals surface area contributed by atoms with Crippen LogP contribution in [0.25, 0.3) is 0 Å². The molecule has 0 unspecified atom stereocenters. The number of rotatable bonds is 7. The van der Waals surface area contributed by atoms with E-state index in [2.05, 4.69) is 18.8 Å². The summed E-state index contributed by atoms with van der Waals surface area (Å²) >= 11 is 0. The molecule has 0 aliphatic heterocycles. The lowest BCUT2D eigenvalue weighted by Gasteiger charge is -2.08. The van der Waals surface area contributed by atoms with Crippen molar-refractivity contribution in [3.05, 3.63) is 0 Å². The second kappa shape index (κ2) is 10.6. The summed E-state index contributed by atoms with van der Waals surface area (Å²) in [7, 11) is 3.27. The van der Waals surface area contributed by atoms with Gasteiger partial charge in [-0.15, -0.1) is 5.92 Å². The molecule has 14 heavy (non-hydrogen) atoms. The molecule has 0 atom stereocenters.